The van der Waals surface area contributed by atoms with Crippen LogP contribution in [-0.4, -0.2) is 68.6 Å². The van der Waals surface area contributed by atoms with E-state index in [2.05, 4.69) is 4.90 Å². The number of halogens is 1. The molecule has 7 nitrogen and oxygen atoms in total. The first-order valence-electron chi connectivity index (χ1n) is 9.52. The lowest BCUT2D eigenvalue weighted by molar-refractivity contribution is -0.132. The second-order valence-corrected chi connectivity index (χ2v) is 7.19. The van der Waals surface area contributed by atoms with Crippen LogP contribution in [0.15, 0.2) is 34.7 Å². The maximum absolute atomic E-state index is 13.1. The van der Waals surface area contributed by atoms with Crippen LogP contribution in [0, 0.1) is 12.7 Å². The zero-order valence-corrected chi connectivity index (χ0v) is 17.0. The molecule has 0 aliphatic carbocycles. The number of rotatable bonds is 6. The Morgan fingerprint density at radius 1 is 1.17 bits per heavy atom. The number of hydrogen-bond acceptors (Lipinski definition) is 6. The predicted molar refractivity (Wildman–Crippen MR) is 106 cm³/mol. The van der Waals surface area contributed by atoms with Gasteiger partial charge < -0.3 is 19.0 Å². The predicted octanol–water partition coefficient (Wildman–Crippen LogP) is 2.29. The number of nitrogens with zero attached hydrogens (tertiary/aromatic N) is 3. The Morgan fingerprint density at radius 2 is 1.83 bits per heavy atom. The third-order valence-corrected chi connectivity index (χ3v) is 5.03. The summed E-state index contributed by atoms with van der Waals surface area (Å²) in [6.07, 6.45) is 0. The smallest absolute Gasteiger partial charge is 0.341 e. The number of hydrogen-bond donors (Lipinski definition) is 0. The second kappa shape index (κ2) is 9.09. The van der Waals surface area contributed by atoms with Gasteiger partial charge in [0.2, 0.25) is 5.91 Å². The minimum atomic E-state index is -0.435. The van der Waals surface area contributed by atoms with Crippen LogP contribution in [0.2, 0.25) is 0 Å². The Hall–Kier alpha value is -2.87. The molecule has 1 aromatic carbocycles. The molecular formula is C21H26FN3O4. The molecule has 0 bridgehead atoms. The number of carbonyl (C=O) groups excluding carboxylic acids is 2. The van der Waals surface area contributed by atoms with Gasteiger partial charge in [-0.2, -0.15) is 0 Å². The lowest BCUT2D eigenvalue weighted by Gasteiger charge is -2.36. The van der Waals surface area contributed by atoms with Crippen molar-refractivity contribution in [1.29, 1.82) is 0 Å². The molecule has 1 amide bonds. The Labute approximate surface area is 169 Å². The molecule has 1 fully saturated rings. The molecule has 2 aromatic rings. The first-order valence-corrected chi connectivity index (χ1v) is 9.52. The largest absolute Gasteiger partial charge is 0.465 e. The van der Waals surface area contributed by atoms with Gasteiger partial charge in [0.05, 0.1) is 20.2 Å². The molecule has 0 unspecified atom stereocenters. The molecule has 156 valence electrons. The lowest BCUT2D eigenvalue weighted by atomic mass is 10.2. The fraction of sp³-hybridized carbons (Fsp3) is 0.429. The number of methoxy groups -OCH3 is 1. The molecule has 8 heteroatoms. The van der Waals surface area contributed by atoms with Gasteiger partial charge in [0.25, 0.3) is 0 Å². The van der Waals surface area contributed by atoms with E-state index in [4.69, 9.17) is 9.15 Å². The van der Waals surface area contributed by atoms with E-state index in [1.54, 1.807) is 25.1 Å². The topological polar surface area (TPSA) is 66.2 Å². The number of anilines is 1. The van der Waals surface area contributed by atoms with Gasteiger partial charge in [-0.15, -0.1) is 0 Å². The summed E-state index contributed by atoms with van der Waals surface area (Å²) in [6, 6.07) is 8.07. The average Bonchev–Trinajstić information content (AvgIpc) is 3.07. The van der Waals surface area contributed by atoms with Crippen LogP contribution in [0.5, 0.6) is 0 Å². The third-order valence-electron chi connectivity index (χ3n) is 5.03. The molecule has 1 aliphatic rings. The highest BCUT2D eigenvalue weighted by Crippen LogP contribution is 2.18. The van der Waals surface area contributed by atoms with E-state index in [-0.39, 0.29) is 18.3 Å². The quantitative estimate of drug-likeness (QED) is 0.690. The Morgan fingerprint density at radius 3 is 2.45 bits per heavy atom. The van der Waals surface area contributed by atoms with Crippen molar-refractivity contribution >= 4 is 17.6 Å². The summed E-state index contributed by atoms with van der Waals surface area (Å²) in [5, 5.41) is 0. The van der Waals surface area contributed by atoms with Gasteiger partial charge in [0.1, 0.15) is 22.9 Å². The lowest BCUT2D eigenvalue weighted by Crippen LogP contribution is -2.51. The number of esters is 1. The molecule has 0 N–H and O–H groups in total. The van der Waals surface area contributed by atoms with E-state index >= 15 is 0 Å². The fourth-order valence-corrected chi connectivity index (χ4v) is 3.45. The number of piperazine rings is 1. The first-order chi connectivity index (χ1) is 13.9. The molecular weight excluding hydrogens is 377 g/mol. The van der Waals surface area contributed by atoms with Gasteiger partial charge in [0, 0.05) is 31.9 Å². The highest BCUT2D eigenvalue weighted by molar-refractivity contribution is 5.90. The molecule has 1 saturated heterocycles. The van der Waals surface area contributed by atoms with Crippen molar-refractivity contribution < 1.29 is 23.1 Å². The molecule has 29 heavy (non-hydrogen) atoms. The number of furan rings is 1. The maximum atomic E-state index is 13.1. The number of likely N-dealkylation sites (N-methyl/N-ethyl adjacent to an activating group) is 1. The van der Waals surface area contributed by atoms with Crippen LogP contribution in [0.4, 0.5) is 10.1 Å². The van der Waals surface area contributed by atoms with Crippen LogP contribution < -0.4 is 4.90 Å². The van der Waals surface area contributed by atoms with Gasteiger partial charge in [0.15, 0.2) is 0 Å². The van der Waals surface area contributed by atoms with Gasteiger partial charge in [-0.05, 0) is 44.3 Å². The summed E-state index contributed by atoms with van der Waals surface area (Å²) in [7, 11) is 3.16. The molecule has 0 spiro atoms. The number of carbonyl (C=O) groups is 2. The summed E-state index contributed by atoms with van der Waals surface area (Å²) in [5.74, 6) is 0.469. The molecule has 2 heterocycles. The average molecular weight is 403 g/mol. The van der Waals surface area contributed by atoms with Crippen LogP contribution in [0.25, 0.3) is 0 Å². The fourth-order valence-electron chi connectivity index (χ4n) is 3.45. The summed E-state index contributed by atoms with van der Waals surface area (Å²) < 4.78 is 23.4. The maximum Gasteiger partial charge on any atom is 0.341 e. The summed E-state index contributed by atoms with van der Waals surface area (Å²) in [5.41, 5.74) is 1.37. The Kier molecular flexibility index (Phi) is 6.53. The molecule has 0 saturated carbocycles. The SMILES string of the molecule is COC(=O)c1cc(CN(C)CC(=O)N2CCN(c3ccc(F)cc3)CC2)oc1C. The third kappa shape index (κ3) is 5.14. The van der Waals surface area contributed by atoms with Gasteiger partial charge in [-0.25, -0.2) is 9.18 Å². The van der Waals surface area contributed by atoms with Crippen molar-refractivity contribution in [2.45, 2.75) is 13.5 Å². The molecule has 1 aliphatic heterocycles. The molecule has 0 atom stereocenters. The van der Waals surface area contributed by atoms with Crippen molar-refractivity contribution in [3.05, 3.63) is 53.2 Å². The Balaban J connectivity index is 1.49. The zero-order valence-electron chi connectivity index (χ0n) is 17.0. The highest BCUT2D eigenvalue weighted by Gasteiger charge is 2.23. The van der Waals surface area contributed by atoms with Crippen LogP contribution in [-0.2, 0) is 16.1 Å². The standard InChI is InChI=1S/C21H26FN3O4/c1-15-19(21(27)28-3)12-18(29-15)13-23(2)14-20(26)25-10-8-24(9-11-25)17-6-4-16(22)5-7-17/h4-7,12H,8-11,13-14H2,1-3H3. The molecule has 1 aromatic heterocycles. The van der Waals surface area contributed by atoms with Crippen LogP contribution >= 0.6 is 0 Å². The van der Waals surface area contributed by atoms with E-state index in [0.29, 0.717) is 49.8 Å². The normalized spacial score (nSPS) is 14.4. The van der Waals surface area contributed by atoms with Crippen molar-refractivity contribution in [3.63, 3.8) is 0 Å². The van der Waals surface area contributed by atoms with E-state index in [0.717, 1.165) is 5.69 Å². The zero-order chi connectivity index (χ0) is 21.0. The second-order valence-electron chi connectivity index (χ2n) is 7.19. The van der Waals surface area contributed by atoms with Gasteiger partial charge in [-0.1, -0.05) is 0 Å². The van der Waals surface area contributed by atoms with Crippen molar-refractivity contribution in [1.82, 2.24) is 9.80 Å². The summed E-state index contributed by atoms with van der Waals surface area (Å²) >= 11 is 0. The van der Waals surface area contributed by atoms with E-state index in [1.807, 2.05) is 16.8 Å². The van der Waals surface area contributed by atoms with Gasteiger partial charge >= 0.3 is 5.97 Å². The summed E-state index contributed by atoms with van der Waals surface area (Å²) in [6.45, 7) is 5.04. The van der Waals surface area contributed by atoms with Crippen LogP contribution in [0.3, 0.4) is 0 Å². The number of ether oxygens (including phenoxy) is 1. The van der Waals surface area contributed by atoms with E-state index < -0.39 is 5.97 Å². The number of aryl methyl sites for hydroxylation is 1. The van der Waals surface area contributed by atoms with Crippen LogP contribution in [0.1, 0.15) is 21.9 Å². The van der Waals surface area contributed by atoms with Crippen molar-refractivity contribution in [2.75, 3.05) is 51.8 Å². The van der Waals surface area contributed by atoms with E-state index in [1.165, 1.54) is 19.2 Å². The first kappa shape index (κ1) is 20.9. The number of benzene rings is 1. The van der Waals surface area contributed by atoms with Gasteiger partial charge in [-0.3, -0.25) is 9.69 Å². The number of amides is 1. The minimum absolute atomic E-state index is 0.0442. The summed E-state index contributed by atoms with van der Waals surface area (Å²) in [4.78, 5) is 30.1. The van der Waals surface area contributed by atoms with Crippen molar-refractivity contribution in [2.24, 2.45) is 0 Å². The van der Waals surface area contributed by atoms with E-state index in [9.17, 15) is 14.0 Å². The molecule has 0 radical (unpaired) electrons. The van der Waals surface area contributed by atoms with Crippen molar-refractivity contribution in [3.8, 4) is 0 Å². The monoisotopic (exact) mass is 403 g/mol. The highest BCUT2D eigenvalue weighted by atomic mass is 19.1. The Bertz CT molecular complexity index is 857. The minimum Gasteiger partial charge on any atom is -0.465 e. The molecule has 3 rings (SSSR count).